The van der Waals surface area contributed by atoms with E-state index >= 15 is 0 Å². The maximum absolute atomic E-state index is 13.6. The van der Waals surface area contributed by atoms with E-state index in [2.05, 4.69) is 10.4 Å². The highest BCUT2D eigenvalue weighted by atomic mass is 35.5. The zero-order chi connectivity index (χ0) is 17.6. The number of anilines is 1. The monoisotopic (exact) mass is 355 g/mol. The van der Waals surface area contributed by atoms with Crippen molar-refractivity contribution in [1.82, 2.24) is 9.78 Å². The van der Waals surface area contributed by atoms with Gasteiger partial charge in [-0.1, -0.05) is 29.8 Å². The lowest BCUT2D eigenvalue weighted by Crippen LogP contribution is -2.24. The molecular weight excluding hydrogens is 341 g/mol. The SMILES string of the molecule is Cc1c(Cl)cccc1-n1ncc2c1NC(=O)C[C@H]2c1cccc(F)c1. The fourth-order valence-electron chi connectivity index (χ4n) is 3.25. The molecule has 4 nitrogen and oxygen atoms in total. The number of aromatic nitrogens is 2. The number of fused-ring (bicyclic) bond motifs is 1. The van der Waals surface area contributed by atoms with Crippen LogP contribution in [0, 0.1) is 12.7 Å². The van der Waals surface area contributed by atoms with Gasteiger partial charge in [0.25, 0.3) is 0 Å². The van der Waals surface area contributed by atoms with E-state index in [1.807, 2.05) is 31.2 Å². The van der Waals surface area contributed by atoms with E-state index in [9.17, 15) is 9.18 Å². The lowest BCUT2D eigenvalue weighted by atomic mass is 9.87. The van der Waals surface area contributed by atoms with Crippen LogP contribution in [-0.2, 0) is 4.79 Å². The summed E-state index contributed by atoms with van der Waals surface area (Å²) in [6.45, 7) is 1.90. The van der Waals surface area contributed by atoms with Crippen molar-refractivity contribution in [3.8, 4) is 5.69 Å². The van der Waals surface area contributed by atoms with Gasteiger partial charge in [-0.15, -0.1) is 0 Å². The Bertz CT molecular complexity index is 983. The minimum atomic E-state index is -0.317. The van der Waals surface area contributed by atoms with E-state index < -0.39 is 0 Å². The molecule has 25 heavy (non-hydrogen) atoms. The maximum atomic E-state index is 13.6. The standard InChI is InChI=1S/C19H15ClFN3O/c1-11-16(20)6-3-7-17(11)24-19-15(10-22-24)14(9-18(25)23-19)12-4-2-5-13(21)8-12/h2-8,10,14H,9H2,1H3,(H,23,25)/t14-/m0/s1. The van der Waals surface area contributed by atoms with Crippen LogP contribution < -0.4 is 5.32 Å². The number of hydrogen-bond acceptors (Lipinski definition) is 2. The summed E-state index contributed by atoms with van der Waals surface area (Å²) in [6.07, 6.45) is 1.99. The second kappa shape index (κ2) is 6.01. The first-order chi connectivity index (χ1) is 12.0. The number of benzene rings is 2. The van der Waals surface area contributed by atoms with Gasteiger partial charge < -0.3 is 5.32 Å². The predicted molar refractivity (Wildman–Crippen MR) is 94.8 cm³/mol. The molecule has 6 heteroatoms. The van der Waals surface area contributed by atoms with Crippen molar-refractivity contribution >= 4 is 23.3 Å². The van der Waals surface area contributed by atoms with E-state index in [1.165, 1.54) is 12.1 Å². The Labute approximate surface area is 149 Å². The summed E-state index contributed by atoms with van der Waals surface area (Å²) in [4.78, 5) is 12.3. The van der Waals surface area contributed by atoms with Gasteiger partial charge in [0.1, 0.15) is 11.6 Å². The number of hydrogen-bond donors (Lipinski definition) is 1. The number of rotatable bonds is 2. The van der Waals surface area contributed by atoms with Gasteiger partial charge in [-0.3, -0.25) is 4.79 Å². The number of carbonyl (C=O) groups excluding carboxylic acids is 1. The molecule has 1 atom stereocenters. The van der Waals surface area contributed by atoms with Crippen LogP contribution in [0.3, 0.4) is 0 Å². The van der Waals surface area contributed by atoms with Crippen molar-refractivity contribution in [2.75, 3.05) is 5.32 Å². The molecule has 1 aromatic heterocycles. The first-order valence-corrected chi connectivity index (χ1v) is 8.31. The van der Waals surface area contributed by atoms with Crippen molar-refractivity contribution in [1.29, 1.82) is 0 Å². The second-order valence-electron chi connectivity index (χ2n) is 6.10. The number of nitrogens with one attached hydrogen (secondary N) is 1. The zero-order valence-corrected chi connectivity index (χ0v) is 14.2. The predicted octanol–water partition coefficient (Wildman–Crippen LogP) is 4.45. The smallest absolute Gasteiger partial charge is 0.226 e. The maximum Gasteiger partial charge on any atom is 0.226 e. The molecule has 0 radical (unpaired) electrons. The third-order valence-corrected chi connectivity index (χ3v) is 4.95. The van der Waals surface area contributed by atoms with E-state index in [-0.39, 0.29) is 24.1 Å². The minimum Gasteiger partial charge on any atom is -0.310 e. The van der Waals surface area contributed by atoms with Gasteiger partial charge in [0.15, 0.2) is 0 Å². The largest absolute Gasteiger partial charge is 0.310 e. The molecule has 0 saturated heterocycles. The number of amides is 1. The van der Waals surface area contributed by atoms with Crippen molar-refractivity contribution in [2.24, 2.45) is 0 Å². The molecule has 1 N–H and O–H groups in total. The van der Waals surface area contributed by atoms with Crippen molar-refractivity contribution in [3.05, 3.63) is 76.2 Å². The summed E-state index contributed by atoms with van der Waals surface area (Å²) in [7, 11) is 0. The fraction of sp³-hybridized carbons (Fsp3) is 0.158. The molecule has 0 spiro atoms. The molecule has 1 aliphatic rings. The Hall–Kier alpha value is -2.66. The van der Waals surface area contributed by atoms with Gasteiger partial charge >= 0.3 is 0 Å². The first-order valence-electron chi connectivity index (χ1n) is 7.93. The van der Waals surface area contributed by atoms with Crippen molar-refractivity contribution < 1.29 is 9.18 Å². The van der Waals surface area contributed by atoms with E-state index in [0.717, 1.165) is 22.4 Å². The van der Waals surface area contributed by atoms with Crippen LogP contribution in [-0.4, -0.2) is 15.7 Å². The van der Waals surface area contributed by atoms with Gasteiger partial charge in [0, 0.05) is 22.9 Å². The summed E-state index contributed by atoms with van der Waals surface area (Å²) in [5, 5.41) is 7.98. The molecule has 1 aliphatic heterocycles. The van der Waals surface area contributed by atoms with Gasteiger partial charge in [0.05, 0.1) is 11.9 Å². The number of nitrogens with zero attached hydrogens (tertiary/aromatic N) is 2. The molecule has 0 bridgehead atoms. The Morgan fingerprint density at radius 3 is 2.88 bits per heavy atom. The highest BCUT2D eigenvalue weighted by molar-refractivity contribution is 6.31. The van der Waals surface area contributed by atoms with Crippen molar-refractivity contribution in [2.45, 2.75) is 19.3 Å². The molecule has 1 amide bonds. The molecule has 2 aromatic carbocycles. The fourth-order valence-corrected chi connectivity index (χ4v) is 3.42. The minimum absolute atomic E-state index is 0.122. The Morgan fingerprint density at radius 1 is 1.28 bits per heavy atom. The normalized spacial score (nSPS) is 16.4. The average Bonchev–Trinajstić information content (AvgIpc) is 3.00. The molecule has 126 valence electrons. The summed E-state index contributed by atoms with van der Waals surface area (Å²) in [5.74, 6) is -0.0603. The van der Waals surface area contributed by atoms with E-state index in [4.69, 9.17) is 11.6 Å². The zero-order valence-electron chi connectivity index (χ0n) is 13.5. The van der Waals surface area contributed by atoms with Crippen LogP contribution in [0.1, 0.15) is 29.0 Å². The summed E-state index contributed by atoms with van der Waals surface area (Å²) < 4.78 is 15.3. The van der Waals surface area contributed by atoms with E-state index in [0.29, 0.717) is 10.8 Å². The number of halogens is 2. The first kappa shape index (κ1) is 15.8. The lowest BCUT2D eigenvalue weighted by Gasteiger charge is -2.24. The van der Waals surface area contributed by atoms with Crippen LogP contribution in [0.4, 0.5) is 10.2 Å². The van der Waals surface area contributed by atoms with Crippen LogP contribution in [0.5, 0.6) is 0 Å². The Balaban J connectivity index is 1.86. The summed E-state index contributed by atoms with van der Waals surface area (Å²) >= 11 is 6.21. The molecule has 2 heterocycles. The van der Waals surface area contributed by atoms with Crippen LogP contribution >= 0.6 is 11.6 Å². The quantitative estimate of drug-likeness (QED) is 0.738. The average molecular weight is 356 g/mol. The summed E-state index contributed by atoms with van der Waals surface area (Å²) in [5.41, 5.74) is 3.30. The molecule has 0 saturated carbocycles. The summed E-state index contributed by atoms with van der Waals surface area (Å²) in [6, 6.07) is 11.9. The molecule has 4 rings (SSSR count). The van der Waals surface area contributed by atoms with Gasteiger partial charge in [-0.2, -0.15) is 5.10 Å². The van der Waals surface area contributed by atoms with Gasteiger partial charge in [-0.05, 0) is 42.3 Å². The van der Waals surface area contributed by atoms with Crippen LogP contribution in [0.15, 0.2) is 48.7 Å². The van der Waals surface area contributed by atoms with Crippen LogP contribution in [0.25, 0.3) is 5.69 Å². The Morgan fingerprint density at radius 2 is 2.08 bits per heavy atom. The molecule has 0 aliphatic carbocycles. The molecular formula is C19H15ClFN3O. The second-order valence-corrected chi connectivity index (χ2v) is 6.51. The highest BCUT2D eigenvalue weighted by Crippen LogP contribution is 2.38. The number of carbonyl (C=O) groups is 1. The third kappa shape index (κ3) is 2.70. The molecule has 0 fully saturated rings. The van der Waals surface area contributed by atoms with E-state index in [1.54, 1.807) is 16.9 Å². The third-order valence-electron chi connectivity index (χ3n) is 4.54. The Kier molecular flexibility index (Phi) is 3.81. The van der Waals surface area contributed by atoms with Gasteiger partial charge in [-0.25, -0.2) is 9.07 Å². The van der Waals surface area contributed by atoms with Crippen molar-refractivity contribution in [3.63, 3.8) is 0 Å². The van der Waals surface area contributed by atoms with Crippen LogP contribution in [0.2, 0.25) is 5.02 Å². The molecule has 0 unspecified atom stereocenters. The topological polar surface area (TPSA) is 46.9 Å². The molecule has 3 aromatic rings. The lowest BCUT2D eigenvalue weighted by molar-refractivity contribution is -0.116. The highest BCUT2D eigenvalue weighted by Gasteiger charge is 2.30. The van der Waals surface area contributed by atoms with Gasteiger partial charge in [0.2, 0.25) is 5.91 Å².